The molecule has 1 atom stereocenters. The number of benzene rings is 1. The molecule has 3 N–H and O–H groups in total. The summed E-state index contributed by atoms with van der Waals surface area (Å²) in [6.07, 6.45) is -0.514. The smallest absolute Gasteiger partial charge is 0.246 e. The van der Waals surface area contributed by atoms with Crippen LogP contribution in [0.1, 0.15) is 6.42 Å². The van der Waals surface area contributed by atoms with Gasteiger partial charge in [-0.1, -0.05) is 0 Å². The minimum Gasteiger partial charge on any atom is -0.399 e. The summed E-state index contributed by atoms with van der Waals surface area (Å²) < 4.78 is 51.7. The molecule has 0 unspecified atom stereocenters. The van der Waals surface area contributed by atoms with Crippen molar-refractivity contribution in [3.8, 4) is 0 Å². The number of anilines is 1. The largest absolute Gasteiger partial charge is 0.399 e. The summed E-state index contributed by atoms with van der Waals surface area (Å²) in [4.78, 5) is -0.797. The molecule has 1 fully saturated rings. The van der Waals surface area contributed by atoms with Crippen molar-refractivity contribution in [2.75, 3.05) is 18.8 Å². The number of β-amino-alcohol motifs (C(OH)–C–C–N with tert-alkyl or cyclic N) is 1. The number of nitrogens with zero attached hydrogens (tertiary/aromatic N) is 1. The Balaban J connectivity index is 2.48. The Kier molecular flexibility index (Phi) is 3.26. The predicted octanol–water partition coefficient (Wildman–Crippen LogP) is 0.302. The molecule has 8 heteroatoms. The molecule has 0 amide bonds. The maximum atomic E-state index is 13.5. The van der Waals surface area contributed by atoms with Crippen molar-refractivity contribution in [2.45, 2.75) is 17.4 Å². The Morgan fingerprint density at radius 1 is 1.39 bits per heavy atom. The van der Waals surface area contributed by atoms with Crippen molar-refractivity contribution in [1.29, 1.82) is 0 Å². The van der Waals surface area contributed by atoms with Crippen LogP contribution in [0.4, 0.5) is 14.5 Å². The average molecular weight is 278 g/mol. The minimum atomic E-state index is -4.17. The van der Waals surface area contributed by atoms with Crippen LogP contribution in [0.15, 0.2) is 17.0 Å². The Bertz CT molecular complexity index is 577. The minimum absolute atomic E-state index is 0.0688. The van der Waals surface area contributed by atoms with Gasteiger partial charge >= 0.3 is 0 Å². The number of aliphatic hydroxyl groups is 1. The van der Waals surface area contributed by atoms with E-state index < -0.39 is 32.7 Å². The van der Waals surface area contributed by atoms with Crippen molar-refractivity contribution >= 4 is 15.7 Å². The van der Waals surface area contributed by atoms with Gasteiger partial charge in [-0.3, -0.25) is 0 Å². The number of nitrogens with two attached hydrogens (primary N) is 1. The van der Waals surface area contributed by atoms with Crippen molar-refractivity contribution in [3.63, 3.8) is 0 Å². The van der Waals surface area contributed by atoms with Crippen LogP contribution < -0.4 is 5.73 Å². The second-order valence-electron chi connectivity index (χ2n) is 4.12. The van der Waals surface area contributed by atoms with Gasteiger partial charge in [-0.2, -0.15) is 4.31 Å². The summed E-state index contributed by atoms with van der Waals surface area (Å²) in [5.41, 5.74) is 5.14. The van der Waals surface area contributed by atoms with Crippen LogP contribution in [0.25, 0.3) is 0 Å². The van der Waals surface area contributed by atoms with E-state index in [4.69, 9.17) is 5.73 Å². The number of nitrogen functional groups attached to an aromatic ring is 1. The molecule has 1 aliphatic rings. The first-order valence-electron chi connectivity index (χ1n) is 5.25. The molecule has 0 radical (unpaired) electrons. The standard InChI is InChI=1S/C10H12F2N2O3S/c11-8-3-6(13)4-9(10(8)12)18(16,17)14-2-1-7(15)5-14/h3-4,7,15H,1-2,5,13H2/t7-/m0/s1. The molecule has 2 rings (SSSR count). The van der Waals surface area contributed by atoms with E-state index in [1.165, 1.54) is 0 Å². The van der Waals surface area contributed by atoms with Gasteiger partial charge in [0.15, 0.2) is 11.6 Å². The van der Waals surface area contributed by atoms with Crippen molar-refractivity contribution < 1.29 is 22.3 Å². The van der Waals surface area contributed by atoms with Crippen LogP contribution in [0, 0.1) is 11.6 Å². The predicted molar refractivity (Wildman–Crippen MR) is 60.2 cm³/mol. The van der Waals surface area contributed by atoms with Crippen LogP contribution in [-0.4, -0.2) is 37.0 Å². The Morgan fingerprint density at radius 3 is 2.61 bits per heavy atom. The molecule has 1 heterocycles. The van der Waals surface area contributed by atoms with E-state index in [1.807, 2.05) is 0 Å². The number of aliphatic hydroxyl groups excluding tert-OH is 1. The molecule has 0 aromatic heterocycles. The normalized spacial score (nSPS) is 21.4. The first-order chi connectivity index (χ1) is 8.32. The third-order valence-corrected chi connectivity index (χ3v) is 4.63. The fourth-order valence-corrected chi connectivity index (χ4v) is 3.44. The van der Waals surface area contributed by atoms with Crippen LogP contribution >= 0.6 is 0 Å². The van der Waals surface area contributed by atoms with Crippen LogP contribution in [-0.2, 0) is 10.0 Å². The molecule has 5 nitrogen and oxygen atoms in total. The van der Waals surface area contributed by atoms with Gasteiger partial charge in [0.1, 0.15) is 4.90 Å². The second kappa shape index (κ2) is 4.45. The molecule has 18 heavy (non-hydrogen) atoms. The number of hydrogen-bond donors (Lipinski definition) is 2. The highest BCUT2D eigenvalue weighted by molar-refractivity contribution is 7.89. The fourth-order valence-electron chi connectivity index (χ4n) is 1.84. The van der Waals surface area contributed by atoms with Gasteiger partial charge in [-0.05, 0) is 18.6 Å². The lowest BCUT2D eigenvalue weighted by atomic mass is 10.3. The summed E-state index contributed by atoms with van der Waals surface area (Å²) in [6.45, 7) is -0.0580. The molecular formula is C10H12F2N2O3S. The first-order valence-corrected chi connectivity index (χ1v) is 6.69. The zero-order chi connectivity index (χ0) is 13.5. The fraction of sp³-hybridized carbons (Fsp3) is 0.400. The lowest BCUT2D eigenvalue weighted by Gasteiger charge is -2.16. The van der Waals surface area contributed by atoms with E-state index in [9.17, 15) is 22.3 Å². The molecule has 0 bridgehead atoms. The van der Waals surface area contributed by atoms with Crippen LogP contribution in [0.5, 0.6) is 0 Å². The lowest BCUT2D eigenvalue weighted by Crippen LogP contribution is -2.30. The Hall–Kier alpha value is -1.25. The molecule has 1 aliphatic heterocycles. The van der Waals surface area contributed by atoms with E-state index in [0.717, 1.165) is 10.4 Å². The zero-order valence-corrected chi connectivity index (χ0v) is 10.1. The number of sulfonamides is 1. The molecule has 1 aromatic carbocycles. The number of rotatable bonds is 2. The first kappa shape index (κ1) is 13.2. The van der Waals surface area contributed by atoms with Gasteiger partial charge in [0, 0.05) is 18.8 Å². The van der Waals surface area contributed by atoms with Crippen molar-refractivity contribution in [2.24, 2.45) is 0 Å². The third kappa shape index (κ3) is 2.18. The monoisotopic (exact) mass is 278 g/mol. The Morgan fingerprint density at radius 2 is 2.06 bits per heavy atom. The van der Waals surface area contributed by atoms with E-state index in [1.54, 1.807) is 0 Å². The highest BCUT2D eigenvalue weighted by Gasteiger charge is 2.34. The molecule has 100 valence electrons. The summed E-state index contributed by atoms with van der Waals surface area (Å²) >= 11 is 0. The molecule has 0 saturated carbocycles. The van der Waals surface area contributed by atoms with Gasteiger partial charge in [-0.25, -0.2) is 17.2 Å². The van der Waals surface area contributed by atoms with Crippen LogP contribution in [0.3, 0.4) is 0 Å². The van der Waals surface area contributed by atoms with E-state index >= 15 is 0 Å². The molecule has 0 aliphatic carbocycles. The van der Waals surface area contributed by atoms with Crippen molar-refractivity contribution in [3.05, 3.63) is 23.8 Å². The Labute approximate surface area is 103 Å². The third-order valence-electron chi connectivity index (χ3n) is 2.76. The highest BCUT2D eigenvalue weighted by Crippen LogP contribution is 2.26. The van der Waals surface area contributed by atoms with Crippen molar-refractivity contribution in [1.82, 2.24) is 4.31 Å². The molecular weight excluding hydrogens is 266 g/mol. The molecule has 0 spiro atoms. The molecule has 1 aromatic rings. The summed E-state index contributed by atoms with van der Waals surface area (Å²) in [5, 5.41) is 9.29. The van der Waals surface area contributed by atoms with Crippen LogP contribution in [0.2, 0.25) is 0 Å². The lowest BCUT2D eigenvalue weighted by molar-refractivity contribution is 0.189. The van der Waals surface area contributed by atoms with Gasteiger partial charge in [0.2, 0.25) is 10.0 Å². The summed E-state index contributed by atoms with van der Waals surface area (Å²) in [7, 11) is -4.17. The molecule has 1 saturated heterocycles. The quantitative estimate of drug-likeness (QED) is 0.762. The van der Waals surface area contributed by atoms with E-state index in [0.29, 0.717) is 6.07 Å². The highest BCUT2D eigenvalue weighted by atomic mass is 32.2. The van der Waals surface area contributed by atoms with Gasteiger partial charge < -0.3 is 10.8 Å². The van der Waals surface area contributed by atoms with Gasteiger partial charge in [-0.15, -0.1) is 0 Å². The van der Waals surface area contributed by atoms with Gasteiger partial charge in [0.05, 0.1) is 6.10 Å². The number of hydrogen-bond acceptors (Lipinski definition) is 4. The topological polar surface area (TPSA) is 83.6 Å². The maximum absolute atomic E-state index is 13.5. The van der Waals surface area contributed by atoms with E-state index in [2.05, 4.69) is 0 Å². The maximum Gasteiger partial charge on any atom is 0.246 e. The summed E-state index contributed by atoms with van der Waals surface area (Å²) in [6, 6.07) is 1.59. The number of halogens is 2. The SMILES string of the molecule is Nc1cc(F)c(F)c(S(=O)(=O)N2CC[C@H](O)C2)c1. The zero-order valence-electron chi connectivity index (χ0n) is 9.31. The average Bonchev–Trinajstić information content (AvgIpc) is 2.70. The van der Waals surface area contributed by atoms with E-state index in [-0.39, 0.29) is 25.2 Å². The summed E-state index contributed by atoms with van der Waals surface area (Å²) in [5.74, 6) is -2.76. The van der Waals surface area contributed by atoms with Gasteiger partial charge in [0.25, 0.3) is 0 Å². The second-order valence-corrected chi connectivity index (χ2v) is 6.03.